The van der Waals surface area contributed by atoms with E-state index in [1.54, 1.807) is 0 Å². The molecule has 3 heteroatoms. The Balaban J connectivity index is 2.26. The number of rotatable bonds is 4. The molecule has 2 N–H and O–H groups in total. The molecular formula is C9H19NO2. The molecule has 0 amide bonds. The van der Waals surface area contributed by atoms with Crippen LogP contribution >= 0.6 is 0 Å². The first-order chi connectivity index (χ1) is 5.88. The second kappa shape index (κ2) is 5.51. The Labute approximate surface area is 74.0 Å². The van der Waals surface area contributed by atoms with Gasteiger partial charge in [-0.1, -0.05) is 6.42 Å². The Bertz CT molecular complexity index is 119. The minimum absolute atomic E-state index is 0.259. The molecule has 1 aliphatic rings. The largest absolute Gasteiger partial charge is 0.396 e. The van der Waals surface area contributed by atoms with E-state index in [4.69, 9.17) is 10.2 Å². The molecule has 0 spiro atoms. The van der Waals surface area contributed by atoms with E-state index in [0.29, 0.717) is 6.04 Å². The highest BCUT2D eigenvalue weighted by atomic mass is 16.3. The van der Waals surface area contributed by atoms with Gasteiger partial charge in [0.1, 0.15) is 0 Å². The highest BCUT2D eigenvalue weighted by molar-refractivity contribution is 4.75. The summed E-state index contributed by atoms with van der Waals surface area (Å²) in [6.07, 6.45) is 4.42. The fourth-order valence-electron chi connectivity index (χ4n) is 1.83. The van der Waals surface area contributed by atoms with E-state index >= 15 is 0 Å². The van der Waals surface area contributed by atoms with Crippen LogP contribution in [0.25, 0.3) is 0 Å². The Morgan fingerprint density at radius 3 is 2.75 bits per heavy atom. The van der Waals surface area contributed by atoms with Crippen molar-refractivity contribution >= 4 is 0 Å². The third-order valence-electron chi connectivity index (χ3n) is 2.56. The van der Waals surface area contributed by atoms with Crippen molar-refractivity contribution < 1.29 is 10.2 Å². The van der Waals surface area contributed by atoms with Crippen molar-refractivity contribution in [2.24, 2.45) is 0 Å². The molecule has 0 aliphatic carbocycles. The van der Waals surface area contributed by atoms with Crippen LogP contribution in [0.4, 0.5) is 0 Å². The Morgan fingerprint density at radius 1 is 1.25 bits per heavy atom. The smallest absolute Gasteiger partial charge is 0.0586 e. The second-order valence-electron chi connectivity index (χ2n) is 3.45. The molecule has 1 heterocycles. The Hall–Kier alpha value is -0.120. The fourth-order valence-corrected chi connectivity index (χ4v) is 1.83. The van der Waals surface area contributed by atoms with Crippen LogP contribution < -0.4 is 0 Å². The number of aliphatic hydroxyl groups excluding tert-OH is 2. The van der Waals surface area contributed by atoms with Crippen LogP contribution in [0.3, 0.4) is 0 Å². The molecule has 12 heavy (non-hydrogen) atoms. The Kier molecular flexibility index (Phi) is 4.58. The highest BCUT2D eigenvalue weighted by Crippen LogP contribution is 2.16. The number of hydrogen-bond donors (Lipinski definition) is 2. The zero-order chi connectivity index (χ0) is 8.81. The molecule has 1 saturated heterocycles. The van der Waals surface area contributed by atoms with Crippen molar-refractivity contribution in [2.75, 3.05) is 26.3 Å². The maximum atomic E-state index is 9.06. The minimum Gasteiger partial charge on any atom is -0.396 e. The molecule has 0 aromatic carbocycles. The van der Waals surface area contributed by atoms with Gasteiger partial charge < -0.3 is 10.2 Å². The van der Waals surface area contributed by atoms with Crippen molar-refractivity contribution in [2.45, 2.75) is 31.7 Å². The molecule has 1 fully saturated rings. The molecule has 0 unspecified atom stereocenters. The molecule has 0 bridgehead atoms. The minimum atomic E-state index is 0.259. The molecule has 72 valence electrons. The zero-order valence-corrected chi connectivity index (χ0v) is 7.58. The molecule has 0 radical (unpaired) electrons. The first kappa shape index (κ1) is 9.96. The van der Waals surface area contributed by atoms with E-state index in [0.717, 1.165) is 25.9 Å². The monoisotopic (exact) mass is 173 g/mol. The van der Waals surface area contributed by atoms with Crippen molar-refractivity contribution in [3.8, 4) is 0 Å². The van der Waals surface area contributed by atoms with Crippen LogP contribution in [-0.4, -0.2) is 47.5 Å². The quantitative estimate of drug-likeness (QED) is 0.639. The number of likely N-dealkylation sites (tertiary alicyclic amines) is 1. The molecule has 0 aromatic heterocycles. The number of hydrogen-bond acceptors (Lipinski definition) is 3. The van der Waals surface area contributed by atoms with Crippen LogP contribution in [0, 0.1) is 0 Å². The van der Waals surface area contributed by atoms with Crippen LogP contribution in [0.5, 0.6) is 0 Å². The molecule has 3 nitrogen and oxygen atoms in total. The lowest BCUT2D eigenvalue weighted by molar-refractivity contribution is 0.0840. The van der Waals surface area contributed by atoms with Gasteiger partial charge >= 0.3 is 0 Å². The van der Waals surface area contributed by atoms with Gasteiger partial charge in [-0.15, -0.1) is 0 Å². The van der Waals surface area contributed by atoms with Gasteiger partial charge in [0.2, 0.25) is 0 Å². The summed E-state index contributed by atoms with van der Waals surface area (Å²) >= 11 is 0. The third kappa shape index (κ3) is 2.73. The van der Waals surface area contributed by atoms with E-state index in [9.17, 15) is 0 Å². The highest BCUT2D eigenvalue weighted by Gasteiger charge is 2.20. The van der Waals surface area contributed by atoms with Crippen molar-refractivity contribution in [1.29, 1.82) is 0 Å². The summed E-state index contributed by atoms with van der Waals surface area (Å²) in [5.41, 5.74) is 0. The standard InChI is InChI=1S/C9H19NO2/c11-7-3-6-10-5-2-1-4-9(10)8-12/h9,11-12H,1-8H2/t9-/m1/s1. The molecule has 0 aromatic rings. The van der Waals surface area contributed by atoms with Gasteiger partial charge in [-0.3, -0.25) is 4.90 Å². The molecule has 0 saturated carbocycles. The lowest BCUT2D eigenvalue weighted by atomic mass is 10.0. The maximum Gasteiger partial charge on any atom is 0.0586 e. The van der Waals surface area contributed by atoms with Gasteiger partial charge in [0, 0.05) is 19.2 Å². The van der Waals surface area contributed by atoms with Crippen LogP contribution in [0.1, 0.15) is 25.7 Å². The van der Waals surface area contributed by atoms with Crippen LogP contribution in [0.2, 0.25) is 0 Å². The van der Waals surface area contributed by atoms with Crippen molar-refractivity contribution in [1.82, 2.24) is 4.90 Å². The summed E-state index contributed by atoms with van der Waals surface area (Å²) in [6.45, 7) is 2.55. The summed E-state index contributed by atoms with van der Waals surface area (Å²) in [5, 5.41) is 17.7. The average molecular weight is 173 g/mol. The molecular weight excluding hydrogens is 154 g/mol. The van der Waals surface area contributed by atoms with E-state index in [-0.39, 0.29) is 13.2 Å². The van der Waals surface area contributed by atoms with Crippen LogP contribution in [-0.2, 0) is 0 Å². The third-order valence-corrected chi connectivity index (χ3v) is 2.56. The van der Waals surface area contributed by atoms with Gasteiger partial charge in [0.25, 0.3) is 0 Å². The average Bonchev–Trinajstić information content (AvgIpc) is 2.15. The molecule has 1 atom stereocenters. The number of aliphatic hydroxyl groups is 2. The van der Waals surface area contributed by atoms with E-state index in [2.05, 4.69) is 4.90 Å². The summed E-state index contributed by atoms with van der Waals surface area (Å²) in [5.74, 6) is 0. The number of nitrogens with zero attached hydrogens (tertiary/aromatic N) is 1. The van der Waals surface area contributed by atoms with Gasteiger partial charge in [-0.05, 0) is 25.8 Å². The summed E-state index contributed by atoms with van der Waals surface area (Å²) < 4.78 is 0. The van der Waals surface area contributed by atoms with Gasteiger partial charge in [0.05, 0.1) is 6.61 Å². The number of piperidine rings is 1. The normalized spacial score (nSPS) is 26.0. The lowest BCUT2D eigenvalue weighted by Crippen LogP contribution is -2.42. The summed E-state index contributed by atoms with van der Waals surface area (Å²) in [7, 11) is 0. The van der Waals surface area contributed by atoms with Crippen LogP contribution in [0.15, 0.2) is 0 Å². The first-order valence-corrected chi connectivity index (χ1v) is 4.84. The van der Waals surface area contributed by atoms with Crippen molar-refractivity contribution in [3.05, 3.63) is 0 Å². The molecule has 1 aliphatic heterocycles. The lowest BCUT2D eigenvalue weighted by Gasteiger charge is -2.34. The first-order valence-electron chi connectivity index (χ1n) is 4.84. The summed E-state index contributed by atoms with van der Waals surface area (Å²) in [6, 6.07) is 0.352. The molecule has 1 rings (SSSR count). The summed E-state index contributed by atoms with van der Waals surface area (Å²) in [4.78, 5) is 2.29. The SMILES string of the molecule is OCCCN1CCCC[C@@H]1CO. The van der Waals surface area contributed by atoms with Gasteiger partial charge in [-0.25, -0.2) is 0 Å². The Morgan fingerprint density at radius 2 is 2.08 bits per heavy atom. The second-order valence-corrected chi connectivity index (χ2v) is 3.45. The zero-order valence-electron chi connectivity index (χ0n) is 7.58. The predicted molar refractivity (Wildman–Crippen MR) is 48.0 cm³/mol. The van der Waals surface area contributed by atoms with Gasteiger partial charge in [0.15, 0.2) is 0 Å². The predicted octanol–water partition coefficient (Wildman–Crippen LogP) is 0.216. The maximum absolute atomic E-state index is 9.06. The topological polar surface area (TPSA) is 43.7 Å². The van der Waals surface area contributed by atoms with E-state index < -0.39 is 0 Å². The van der Waals surface area contributed by atoms with E-state index in [1.807, 2.05) is 0 Å². The van der Waals surface area contributed by atoms with Gasteiger partial charge in [-0.2, -0.15) is 0 Å². The van der Waals surface area contributed by atoms with E-state index in [1.165, 1.54) is 12.8 Å². The fraction of sp³-hybridized carbons (Fsp3) is 1.00. The van der Waals surface area contributed by atoms with Crippen molar-refractivity contribution in [3.63, 3.8) is 0 Å².